The minimum Gasteiger partial charge on any atom is -0.508 e. The third kappa shape index (κ3) is 21.7. The van der Waals surface area contributed by atoms with Crippen LogP contribution < -0.4 is 60.6 Å². The summed E-state index contributed by atoms with van der Waals surface area (Å²) in [5.74, 6) is -4.90. The van der Waals surface area contributed by atoms with Crippen molar-refractivity contribution >= 4 is 41.5 Å². The summed E-state index contributed by atoms with van der Waals surface area (Å²) < 4.78 is 0. The van der Waals surface area contributed by atoms with E-state index in [4.69, 9.17) is 28.7 Å². The molecule has 0 aliphatic rings. The molecule has 0 radical (unpaired) electrons. The molecule has 0 fully saturated rings. The zero-order valence-electron chi connectivity index (χ0n) is 31.5. The Morgan fingerprint density at radius 3 is 2.02 bits per heavy atom. The molecular weight excluding hydrogens is 736 g/mol. The fraction of sp³-hybridized carbons (Fsp3) is 0.618. The summed E-state index contributed by atoms with van der Waals surface area (Å²) in [4.78, 5) is 77.5. The number of nitrogens with zero attached hydrogens (tertiary/aromatic N) is 1. The lowest BCUT2D eigenvalue weighted by atomic mass is 10.00. The van der Waals surface area contributed by atoms with Gasteiger partial charge in [0.05, 0.1) is 25.6 Å². The van der Waals surface area contributed by atoms with Crippen molar-refractivity contribution in [1.82, 2.24) is 31.9 Å². The van der Waals surface area contributed by atoms with Gasteiger partial charge >= 0.3 is 5.97 Å². The van der Waals surface area contributed by atoms with Crippen LogP contribution in [0.25, 0.3) is 0 Å². The number of phenolic OH excluding ortho intramolecular Hbond substituents is 1. The molecule has 316 valence electrons. The number of nitrogens with one attached hydrogen (secondary N) is 6. The van der Waals surface area contributed by atoms with Crippen LogP contribution in [0.4, 0.5) is 0 Å². The molecule has 56 heavy (non-hydrogen) atoms. The standard InChI is InChI=1S/C34H60N12O10/c35-17-25(46-32(54)27(49)18-43-28(50)15-23(37)20-7-9-21(47)10-8-20)31(53)45-24(33(55)56)6-3-5-22(36)26(48)16-29(51)44-19-30(52)41-14-4-12-40-11-1-2-13-42-34(38)39/h7-10,22-27,40,47-49H,1-6,11-19,35-37H2,(H,41,52)(H,43,50)(H,44,51)(H,45,53)(H,46,54)(H,55,56)(H4,38,39,42)/t22-,23?,24-,25-,26+,27-/m0/s1. The Hall–Kier alpha value is -5.13. The van der Waals surface area contributed by atoms with E-state index >= 15 is 0 Å². The number of rotatable bonds is 29. The minimum absolute atomic E-state index is 0.0291. The lowest BCUT2D eigenvalue weighted by Crippen LogP contribution is -2.57. The summed E-state index contributed by atoms with van der Waals surface area (Å²) in [6.45, 7) is 1.16. The van der Waals surface area contributed by atoms with Gasteiger partial charge in [-0.2, -0.15) is 0 Å². The number of aliphatic carboxylic acids is 1. The first-order valence-electron chi connectivity index (χ1n) is 18.3. The van der Waals surface area contributed by atoms with Crippen molar-refractivity contribution in [2.24, 2.45) is 33.7 Å². The topological polar surface area (TPSA) is 398 Å². The largest absolute Gasteiger partial charge is 0.508 e. The summed E-state index contributed by atoms with van der Waals surface area (Å²) in [6, 6.07) is 1.41. The number of aliphatic imine (C=N–C) groups is 1. The molecule has 0 aliphatic carbocycles. The normalized spacial score (nSPS) is 14.2. The van der Waals surface area contributed by atoms with Gasteiger partial charge in [-0.1, -0.05) is 12.1 Å². The van der Waals surface area contributed by atoms with E-state index in [1.165, 1.54) is 12.1 Å². The van der Waals surface area contributed by atoms with Crippen molar-refractivity contribution < 1.29 is 49.2 Å². The number of hydrogen-bond donors (Lipinski definition) is 15. The number of nitrogens with two attached hydrogens (primary N) is 5. The van der Waals surface area contributed by atoms with Crippen LogP contribution in [0.2, 0.25) is 0 Å². The average molecular weight is 797 g/mol. The monoisotopic (exact) mass is 796 g/mol. The minimum atomic E-state index is -1.78. The molecule has 0 spiro atoms. The molecule has 0 saturated carbocycles. The van der Waals surface area contributed by atoms with Gasteiger partial charge in [0, 0.05) is 38.1 Å². The Labute approximate surface area is 325 Å². The van der Waals surface area contributed by atoms with Crippen LogP contribution in [0.3, 0.4) is 0 Å². The number of carbonyl (C=O) groups excluding carboxylic acids is 5. The van der Waals surface area contributed by atoms with Crippen LogP contribution in [-0.4, -0.2) is 138 Å². The van der Waals surface area contributed by atoms with E-state index in [1.54, 1.807) is 12.1 Å². The Kier molecular flexibility index (Phi) is 24.0. The van der Waals surface area contributed by atoms with Gasteiger partial charge in [0.15, 0.2) is 5.96 Å². The van der Waals surface area contributed by atoms with Crippen molar-refractivity contribution in [3.05, 3.63) is 29.8 Å². The van der Waals surface area contributed by atoms with Crippen molar-refractivity contribution in [3.63, 3.8) is 0 Å². The maximum atomic E-state index is 12.8. The number of guanidine groups is 1. The Bertz CT molecular complexity index is 1410. The Balaban J connectivity index is 2.36. The highest BCUT2D eigenvalue weighted by Gasteiger charge is 2.28. The molecule has 1 aromatic rings. The van der Waals surface area contributed by atoms with E-state index in [1.807, 2.05) is 0 Å². The van der Waals surface area contributed by atoms with Gasteiger partial charge in [0.25, 0.3) is 5.91 Å². The van der Waals surface area contributed by atoms with E-state index in [-0.39, 0.29) is 43.9 Å². The first-order valence-corrected chi connectivity index (χ1v) is 18.3. The third-order valence-corrected chi connectivity index (χ3v) is 8.28. The number of amides is 5. The second-order valence-electron chi connectivity index (χ2n) is 13.0. The van der Waals surface area contributed by atoms with Crippen LogP contribution >= 0.6 is 0 Å². The zero-order valence-corrected chi connectivity index (χ0v) is 31.5. The molecule has 0 aliphatic heterocycles. The van der Waals surface area contributed by atoms with E-state index in [0.717, 1.165) is 19.4 Å². The predicted octanol–water partition coefficient (Wildman–Crippen LogP) is -5.21. The molecule has 1 aromatic carbocycles. The van der Waals surface area contributed by atoms with Crippen LogP contribution in [0.5, 0.6) is 5.75 Å². The number of phenols is 1. The van der Waals surface area contributed by atoms with Gasteiger partial charge in [-0.15, -0.1) is 0 Å². The van der Waals surface area contributed by atoms with E-state index < -0.39 is 91.4 Å². The van der Waals surface area contributed by atoms with Crippen molar-refractivity contribution in [2.75, 3.05) is 45.8 Å². The molecule has 1 unspecified atom stereocenters. The van der Waals surface area contributed by atoms with Crippen molar-refractivity contribution in [1.29, 1.82) is 0 Å². The lowest BCUT2D eigenvalue weighted by Gasteiger charge is -2.23. The number of carbonyl (C=O) groups is 6. The van der Waals surface area contributed by atoms with Gasteiger partial charge in [-0.05, 0) is 69.3 Å². The van der Waals surface area contributed by atoms with E-state index in [9.17, 15) is 49.2 Å². The van der Waals surface area contributed by atoms with Crippen LogP contribution in [0, 0.1) is 0 Å². The van der Waals surface area contributed by atoms with E-state index in [2.05, 4.69) is 36.9 Å². The molecule has 22 nitrogen and oxygen atoms in total. The van der Waals surface area contributed by atoms with Gasteiger partial charge in [0.1, 0.15) is 23.9 Å². The number of benzene rings is 1. The molecule has 22 heteroatoms. The predicted molar refractivity (Wildman–Crippen MR) is 205 cm³/mol. The lowest BCUT2D eigenvalue weighted by molar-refractivity contribution is -0.142. The SMILES string of the molecule is NC[C@H](NC(=O)[C@@H](O)CNC(=O)CC(N)c1ccc(O)cc1)C(=O)N[C@@H](CCC[C@H](N)[C@H](O)CC(=O)NCC(=O)NCCCNCCCCN=C(N)N)C(=O)O. The van der Waals surface area contributed by atoms with Gasteiger partial charge < -0.3 is 81.0 Å². The Morgan fingerprint density at radius 1 is 0.732 bits per heavy atom. The van der Waals surface area contributed by atoms with Crippen LogP contribution in [0.1, 0.15) is 63.0 Å². The van der Waals surface area contributed by atoms with Crippen LogP contribution in [0.15, 0.2) is 29.3 Å². The highest BCUT2D eigenvalue weighted by Crippen LogP contribution is 2.17. The second-order valence-corrected chi connectivity index (χ2v) is 13.0. The number of aliphatic hydroxyl groups excluding tert-OH is 2. The van der Waals surface area contributed by atoms with Crippen LogP contribution in [-0.2, 0) is 28.8 Å². The smallest absolute Gasteiger partial charge is 0.326 e. The number of hydrogen-bond acceptors (Lipinski definition) is 14. The summed E-state index contributed by atoms with van der Waals surface area (Å²) in [7, 11) is 0. The fourth-order valence-corrected chi connectivity index (χ4v) is 4.98. The molecule has 0 saturated heterocycles. The molecule has 1 rings (SSSR count). The second kappa shape index (κ2) is 27.5. The molecule has 5 amide bonds. The van der Waals surface area contributed by atoms with Gasteiger partial charge in [-0.3, -0.25) is 29.0 Å². The number of unbranched alkanes of at least 4 members (excludes halogenated alkanes) is 1. The van der Waals surface area contributed by atoms with Gasteiger partial charge in [-0.25, -0.2) is 4.79 Å². The quantitative estimate of drug-likeness (QED) is 0.0205. The maximum absolute atomic E-state index is 12.8. The first-order chi connectivity index (χ1) is 26.5. The van der Waals surface area contributed by atoms with Crippen molar-refractivity contribution in [3.8, 4) is 5.75 Å². The maximum Gasteiger partial charge on any atom is 0.326 e. The molecule has 6 atom stereocenters. The summed E-state index contributed by atoms with van der Waals surface area (Å²) in [5.41, 5.74) is 28.7. The summed E-state index contributed by atoms with van der Waals surface area (Å²) in [6.07, 6.45) is -1.20. The molecular formula is C34H60N12O10. The number of aromatic hydroxyl groups is 1. The highest BCUT2D eigenvalue weighted by atomic mass is 16.4. The average Bonchev–Trinajstić information content (AvgIpc) is 3.15. The molecule has 0 bridgehead atoms. The summed E-state index contributed by atoms with van der Waals surface area (Å²) >= 11 is 0. The first kappa shape index (κ1) is 48.9. The highest BCUT2D eigenvalue weighted by molar-refractivity contribution is 5.92. The number of aliphatic hydroxyl groups is 2. The van der Waals surface area contributed by atoms with Crippen molar-refractivity contribution in [2.45, 2.75) is 87.7 Å². The Morgan fingerprint density at radius 2 is 1.38 bits per heavy atom. The summed E-state index contributed by atoms with van der Waals surface area (Å²) in [5, 5.41) is 54.8. The number of carboxylic acid groups (broad SMARTS) is 1. The molecule has 20 N–H and O–H groups in total. The van der Waals surface area contributed by atoms with E-state index in [0.29, 0.717) is 31.6 Å². The third-order valence-electron chi connectivity index (χ3n) is 8.28. The number of carboxylic acids is 1. The fourth-order valence-electron chi connectivity index (χ4n) is 4.98. The zero-order chi connectivity index (χ0) is 42.0. The van der Waals surface area contributed by atoms with Gasteiger partial charge in [0.2, 0.25) is 23.6 Å². The molecule has 0 heterocycles. The molecule has 0 aromatic heterocycles.